The second kappa shape index (κ2) is 6.56. The van der Waals surface area contributed by atoms with Crippen LogP contribution >= 0.6 is 0 Å². The molecule has 0 unspecified atom stereocenters. The van der Waals surface area contributed by atoms with Gasteiger partial charge in [0.15, 0.2) is 11.6 Å². The third-order valence-electron chi connectivity index (χ3n) is 4.73. The Morgan fingerprint density at radius 1 is 1.13 bits per heavy atom. The molecule has 5 nitrogen and oxygen atoms in total. The minimum absolute atomic E-state index is 0.123. The van der Waals surface area contributed by atoms with E-state index in [1.54, 1.807) is 11.0 Å². The molecule has 23 heavy (non-hydrogen) atoms. The number of carbonyl (C=O) groups excluding carboxylic acids is 2. The van der Waals surface area contributed by atoms with Crippen molar-refractivity contribution in [3.63, 3.8) is 0 Å². The fraction of sp³-hybridized carbons (Fsp3) is 0.529. The first-order valence-corrected chi connectivity index (χ1v) is 8.01. The normalized spacial score (nSPS) is 18.5. The van der Waals surface area contributed by atoms with Gasteiger partial charge in [-0.2, -0.15) is 0 Å². The maximum atomic E-state index is 13.7. The first-order chi connectivity index (χ1) is 11.1. The summed E-state index contributed by atoms with van der Waals surface area (Å²) in [6.07, 6.45) is 3.12. The molecule has 1 aromatic carbocycles. The van der Waals surface area contributed by atoms with Crippen molar-refractivity contribution in [1.82, 2.24) is 9.80 Å². The summed E-state index contributed by atoms with van der Waals surface area (Å²) in [4.78, 5) is 28.2. The van der Waals surface area contributed by atoms with Gasteiger partial charge in [0.05, 0.1) is 7.11 Å². The number of carbonyl (C=O) groups is 2. The van der Waals surface area contributed by atoms with E-state index in [0.717, 1.165) is 19.3 Å². The number of nitrogens with zero attached hydrogens (tertiary/aromatic N) is 2. The second-order valence-electron chi connectivity index (χ2n) is 6.09. The summed E-state index contributed by atoms with van der Waals surface area (Å²) in [6.45, 7) is 2.09. The zero-order valence-corrected chi connectivity index (χ0v) is 13.3. The summed E-state index contributed by atoms with van der Waals surface area (Å²) in [6, 6.07) is 4.22. The van der Waals surface area contributed by atoms with Gasteiger partial charge in [-0.15, -0.1) is 0 Å². The molecular weight excluding hydrogens is 299 g/mol. The van der Waals surface area contributed by atoms with Gasteiger partial charge in [-0.25, -0.2) is 4.39 Å². The SMILES string of the molecule is COc1ccc(C(=O)N2CCN(C(=O)C3CCC3)CC2)cc1F. The molecule has 1 saturated heterocycles. The van der Waals surface area contributed by atoms with E-state index in [2.05, 4.69) is 0 Å². The van der Waals surface area contributed by atoms with Crippen LogP contribution in [0.15, 0.2) is 18.2 Å². The monoisotopic (exact) mass is 320 g/mol. The molecule has 2 fully saturated rings. The van der Waals surface area contributed by atoms with Crippen molar-refractivity contribution in [2.75, 3.05) is 33.3 Å². The highest BCUT2D eigenvalue weighted by atomic mass is 19.1. The molecule has 1 saturated carbocycles. The summed E-state index contributed by atoms with van der Waals surface area (Å²) >= 11 is 0. The highest BCUT2D eigenvalue weighted by molar-refractivity contribution is 5.94. The quantitative estimate of drug-likeness (QED) is 0.855. The third-order valence-corrected chi connectivity index (χ3v) is 4.73. The molecule has 0 radical (unpaired) electrons. The number of hydrogen-bond donors (Lipinski definition) is 0. The van der Waals surface area contributed by atoms with Crippen LogP contribution in [0.4, 0.5) is 4.39 Å². The average Bonchev–Trinajstić information content (AvgIpc) is 2.52. The lowest BCUT2D eigenvalue weighted by atomic mass is 9.84. The van der Waals surface area contributed by atoms with Gasteiger partial charge in [-0.1, -0.05) is 6.42 Å². The van der Waals surface area contributed by atoms with Crippen molar-refractivity contribution in [2.24, 2.45) is 5.92 Å². The average molecular weight is 320 g/mol. The Kier molecular flexibility index (Phi) is 4.50. The van der Waals surface area contributed by atoms with Gasteiger partial charge in [0.1, 0.15) is 0 Å². The standard InChI is InChI=1S/C17H21FN2O3/c1-23-15-6-5-13(11-14(15)18)17(22)20-9-7-19(8-10-20)16(21)12-3-2-4-12/h5-6,11-12H,2-4,7-10H2,1H3. The molecule has 0 spiro atoms. The molecule has 1 aliphatic heterocycles. The van der Waals surface area contributed by atoms with Gasteiger partial charge in [-0.05, 0) is 31.0 Å². The van der Waals surface area contributed by atoms with Gasteiger partial charge in [0.25, 0.3) is 5.91 Å². The first-order valence-electron chi connectivity index (χ1n) is 8.01. The molecular formula is C17H21FN2O3. The van der Waals surface area contributed by atoms with E-state index >= 15 is 0 Å². The topological polar surface area (TPSA) is 49.9 Å². The lowest BCUT2D eigenvalue weighted by molar-refractivity contribution is -0.139. The summed E-state index contributed by atoms with van der Waals surface area (Å²) in [5.41, 5.74) is 0.307. The molecule has 1 aromatic rings. The van der Waals surface area contributed by atoms with Gasteiger partial charge in [0.2, 0.25) is 5.91 Å². The lowest BCUT2D eigenvalue weighted by Gasteiger charge is -2.38. The molecule has 2 aliphatic rings. The molecule has 1 aliphatic carbocycles. The number of ether oxygens (including phenoxy) is 1. The Labute approximate surface area is 135 Å². The van der Waals surface area contributed by atoms with E-state index in [4.69, 9.17) is 4.74 Å². The highest BCUT2D eigenvalue weighted by Crippen LogP contribution is 2.28. The molecule has 6 heteroatoms. The number of benzene rings is 1. The molecule has 0 aromatic heterocycles. The molecule has 1 heterocycles. The van der Waals surface area contributed by atoms with Gasteiger partial charge >= 0.3 is 0 Å². The van der Waals surface area contributed by atoms with E-state index in [0.29, 0.717) is 31.7 Å². The highest BCUT2D eigenvalue weighted by Gasteiger charge is 2.32. The summed E-state index contributed by atoms with van der Waals surface area (Å²) in [5, 5.41) is 0. The Morgan fingerprint density at radius 3 is 2.30 bits per heavy atom. The van der Waals surface area contributed by atoms with Crippen LogP contribution in [0.3, 0.4) is 0 Å². The minimum atomic E-state index is -0.544. The minimum Gasteiger partial charge on any atom is -0.494 e. The van der Waals surface area contributed by atoms with Crippen LogP contribution in [0.2, 0.25) is 0 Å². The number of amides is 2. The van der Waals surface area contributed by atoms with Crippen molar-refractivity contribution in [3.05, 3.63) is 29.6 Å². The van der Waals surface area contributed by atoms with Gasteiger partial charge < -0.3 is 14.5 Å². The molecule has 2 amide bonds. The smallest absolute Gasteiger partial charge is 0.254 e. The van der Waals surface area contributed by atoms with E-state index in [1.165, 1.54) is 19.2 Å². The Balaban J connectivity index is 1.59. The molecule has 124 valence electrons. The number of hydrogen-bond acceptors (Lipinski definition) is 3. The number of rotatable bonds is 3. The van der Waals surface area contributed by atoms with E-state index in [1.807, 2.05) is 4.90 Å². The van der Waals surface area contributed by atoms with Crippen molar-refractivity contribution in [2.45, 2.75) is 19.3 Å². The fourth-order valence-corrected chi connectivity index (χ4v) is 3.03. The Hall–Kier alpha value is -2.11. The largest absolute Gasteiger partial charge is 0.494 e. The van der Waals surface area contributed by atoms with Crippen molar-refractivity contribution >= 4 is 11.8 Å². The van der Waals surface area contributed by atoms with Crippen LogP contribution < -0.4 is 4.74 Å². The van der Waals surface area contributed by atoms with Gasteiger partial charge in [-0.3, -0.25) is 9.59 Å². The number of piperazine rings is 1. The van der Waals surface area contributed by atoms with Crippen LogP contribution in [-0.2, 0) is 4.79 Å². The predicted molar refractivity (Wildman–Crippen MR) is 82.8 cm³/mol. The summed E-state index contributed by atoms with van der Waals surface area (Å²) < 4.78 is 18.6. The van der Waals surface area contributed by atoms with Crippen LogP contribution in [0, 0.1) is 11.7 Å². The fourth-order valence-electron chi connectivity index (χ4n) is 3.03. The van der Waals surface area contributed by atoms with Crippen LogP contribution in [0.1, 0.15) is 29.6 Å². The van der Waals surface area contributed by atoms with Crippen molar-refractivity contribution in [3.8, 4) is 5.75 Å². The molecule has 0 bridgehead atoms. The Morgan fingerprint density at radius 2 is 1.78 bits per heavy atom. The van der Waals surface area contributed by atoms with Crippen LogP contribution in [-0.4, -0.2) is 54.9 Å². The second-order valence-corrected chi connectivity index (χ2v) is 6.09. The number of halogens is 1. The lowest BCUT2D eigenvalue weighted by Crippen LogP contribution is -2.52. The van der Waals surface area contributed by atoms with Crippen LogP contribution in [0.25, 0.3) is 0 Å². The van der Waals surface area contributed by atoms with Crippen molar-refractivity contribution in [1.29, 1.82) is 0 Å². The number of methoxy groups -OCH3 is 1. The predicted octanol–water partition coefficient (Wildman–Crippen LogP) is 1.92. The third kappa shape index (κ3) is 3.16. The van der Waals surface area contributed by atoms with E-state index in [-0.39, 0.29) is 23.5 Å². The van der Waals surface area contributed by atoms with E-state index < -0.39 is 5.82 Å². The summed E-state index contributed by atoms with van der Waals surface area (Å²) in [5.74, 6) is -0.219. The molecule has 3 rings (SSSR count). The zero-order valence-electron chi connectivity index (χ0n) is 13.3. The molecule has 0 N–H and O–H groups in total. The van der Waals surface area contributed by atoms with Crippen LogP contribution in [0.5, 0.6) is 5.75 Å². The van der Waals surface area contributed by atoms with Crippen molar-refractivity contribution < 1.29 is 18.7 Å². The maximum absolute atomic E-state index is 13.7. The van der Waals surface area contributed by atoms with Gasteiger partial charge in [0, 0.05) is 37.7 Å². The summed E-state index contributed by atoms with van der Waals surface area (Å²) in [7, 11) is 1.39. The molecule has 0 atom stereocenters. The first kappa shape index (κ1) is 15.8. The zero-order chi connectivity index (χ0) is 16.4. The Bertz CT molecular complexity index is 608. The van der Waals surface area contributed by atoms with E-state index in [9.17, 15) is 14.0 Å². The maximum Gasteiger partial charge on any atom is 0.254 e.